The van der Waals surface area contributed by atoms with E-state index in [2.05, 4.69) is 5.32 Å². The molecule has 0 spiro atoms. The molecule has 0 saturated carbocycles. The average Bonchev–Trinajstić information content (AvgIpc) is 2.72. The van der Waals surface area contributed by atoms with Gasteiger partial charge in [0.25, 0.3) is 0 Å². The molecule has 0 amide bonds. The van der Waals surface area contributed by atoms with Crippen LogP contribution in [0.1, 0.15) is 24.0 Å². The van der Waals surface area contributed by atoms with E-state index in [0.29, 0.717) is 37.2 Å². The molecule has 0 radical (unpaired) electrons. The van der Waals surface area contributed by atoms with Crippen LogP contribution in [-0.4, -0.2) is 47.7 Å². The van der Waals surface area contributed by atoms with Gasteiger partial charge >= 0.3 is 0 Å². The second kappa shape index (κ2) is 8.65. The van der Waals surface area contributed by atoms with Gasteiger partial charge in [-0.1, -0.05) is 0 Å². The lowest BCUT2D eigenvalue weighted by atomic mass is 9.98. The Bertz CT molecular complexity index is 793. The molecule has 5 nitrogen and oxygen atoms in total. The summed E-state index contributed by atoms with van der Waals surface area (Å²) in [6, 6.07) is 8.79. The van der Waals surface area contributed by atoms with Crippen molar-refractivity contribution in [2.24, 2.45) is 0 Å². The monoisotopic (exact) mass is 405 g/mol. The molecule has 7 heteroatoms. The first-order valence-corrected chi connectivity index (χ1v) is 9.96. The number of fused-ring (bicyclic) bond motifs is 2. The number of rotatable bonds is 6. The molecule has 29 heavy (non-hydrogen) atoms. The number of halogens is 2. The SMILES string of the molecule is OC(CNC[C@H](O)[C@H]1CCc2cc(F)ccc2O1)[C@H]1CCc2cc(F)ccc2O1. The molecule has 1 unspecified atom stereocenters. The molecular weight excluding hydrogens is 380 g/mol. The van der Waals surface area contributed by atoms with Crippen LogP contribution in [0.3, 0.4) is 0 Å². The van der Waals surface area contributed by atoms with Crippen molar-refractivity contribution in [3.63, 3.8) is 0 Å². The first-order chi connectivity index (χ1) is 14.0. The van der Waals surface area contributed by atoms with E-state index in [1.54, 1.807) is 12.1 Å². The molecule has 0 aliphatic carbocycles. The molecule has 0 fully saturated rings. The van der Waals surface area contributed by atoms with E-state index in [0.717, 1.165) is 11.1 Å². The summed E-state index contributed by atoms with van der Waals surface area (Å²) >= 11 is 0. The summed E-state index contributed by atoms with van der Waals surface area (Å²) < 4.78 is 38.2. The highest BCUT2D eigenvalue weighted by Gasteiger charge is 2.29. The van der Waals surface area contributed by atoms with Crippen LogP contribution in [0.4, 0.5) is 8.78 Å². The normalized spacial score (nSPS) is 22.6. The first-order valence-electron chi connectivity index (χ1n) is 9.96. The lowest BCUT2D eigenvalue weighted by Gasteiger charge is -2.31. The highest BCUT2D eigenvalue weighted by atomic mass is 19.1. The van der Waals surface area contributed by atoms with Gasteiger partial charge in [0.2, 0.25) is 0 Å². The Morgan fingerprint density at radius 3 is 1.72 bits per heavy atom. The van der Waals surface area contributed by atoms with E-state index in [1.807, 2.05) is 0 Å². The highest BCUT2D eigenvalue weighted by Crippen LogP contribution is 2.30. The van der Waals surface area contributed by atoms with Crippen LogP contribution in [0.25, 0.3) is 0 Å². The lowest BCUT2D eigenvalue weighted by Crippen LogP contribution is -2.46. The molecule has 2 heterocycles. The van der Waals surface area contributed by atoms with Gasteiger partial charge in [-0.15, -0.1) is 0 Å². The Labute approximate surface area is 168 Å². The van der Waals surface area contributed by atoms with Crippen LogP contribution < -0.4 is 14.8 Å². The maximum atomic E-state index is 13.3. The van der Waals surface area contributed by atoms with Crippen molar-refractivity contribution in [2.45, 2.75) is 50.1 Å². The minimum absolute atomic E-state index is 0.257. The smallest absolute Gasteiger partial charge is 0.126 e. The standard InChI is InChI=1S/C22H25F2NO4/c23-15-3-7-19-13(9-15)1-5-21(28-19)17(26)11-25-12-18(27)22-6-2-14-10-16(24)4-8-20(14)29-22/h3-4,7-10,17-18,21-22,25-27H,1-2,5-6,11-12H2/t17-,18?,21+,22+/m0/s1. The zero-order valence-corrected chi connectivity index (χ0v) is 16.0. The summed E-state index contributed by atoms with van der Waals surface area (Å²) in [6.07, 6.45) is 0.214. The van der Waals surface area contributed by atoms with Gasteiger partial charge in [0.05, 0.1) is 0 Å². The maximum absolute atomic E-state index is 13.3. The fourth-order valence-electron chi connectivity index (χ4n) is 3.94. The molecular formula is C22H25F2NO4. The zero-order chi connectivity index (χ0) is 20.4. The van der Waals surface area contributed by atoms with Gasteiger partial charge in [0.1, 0.15) is 47.5 Å². The predicted octanol–water partition coefficient (Wildman–Crippen LogP) is 2.36. The van der Waals surface area contributed by atoms with E-state index < -0.39 is 12.2 Å². The number of aliphatic hydroxyl groups is 2. The van der Waals surface area contributed by atoms with E-state index >= 15 is 0 Å². The summed E-state index contributed by atoms with van der Waals surface area (Å²) in [5.41, 5.74) is 1.62. The average molecular weight is 405 g/mol. The van der Waals surface area contributed by atoms with E-state index in [9.17, 15) is 19.0 Å². The summed E-state index contributed by atoms with van der Waals surface area (Å²) in [7, 11) is 0. The van der Waals surface area contributed by atoms with Gasteiger partial charge in [-0.2, -0.15) is 0 Å². The van der Waals surface area contributed by atoms with Crippen molar-refractivity contribution in [2.75, 3.05) is 13.1 Å². The second-order valence-corrected chi connectivity index (χ2v) is 7.69. The van der Waals surface area contributed by atoms with Gasteiger partial charge in [-0.05, 0) is 73.2 Å². The highest BCUT2D eigenvalue weighted by molar-refractivity contribution is 5.36. The topological polar surface area (TPSA) is 71.0 Å². The van der Waals surface area contributed by atoms with Crippen LogP contribution in [0.15, 0.2) is 36.4 Å². The zero-order valence-electron chi connectivity index (χ0n) is 16.0. The fraction of sp³-hybridized carbons (Fsp3) is 0.455. The summed E-state index contributed by atoms with van der Waals surface area (Å²) in [5, 5.41) is 23.9. The second-order valence-electron chi connectivity index (χ2n) is 7.69. The van der Waals surface area contributed by atoms with Gasteiger partial charge in [-0.3, -0.25) is 0 Å². The van der Waals surface area contributed by atoms with E-state index in [-0.39, 0.29) is 36.9 Å². The van der Waals surface area contributed by atoms with Crippen LogP contribution in [0.5, 0.6) is 11.5 Å². The Hall–Kier alpha value is -2.22. The first kappa shape index (κ1) is 20.1. The number of hydrogen-bond donors (Lipinski definition) is 3. The minimum atomic E-state index is -0.753. The molecule has 0 bridgehead atoms. The number of ether oxygens (including phenoxy) is 2. The molecule has 0 saturated heterocycles. The largest absolute Gasteiger partial charge is 0.487 e. The van der Waals surface area contributed by atoms with Gasteiger partial charge in [-0.25, -0.2) is 8.78 Å². The van der Waals surface area contributed by atoms with Crippen LogP contribution in [0, 0.1) is 11.6 Å². The summed E-state index contributed by atoms with van der Waals surface area (Å²) in [5.74, 6) is 0.624. The molecule has 0 aromatic heterocycles. The number of aryl methyl sites for hydroxylation is 2. The summed E-state index contributed by atoms with van der Waals surface area (Å²) in [4.78, 5) is 0. The molecule has 4 rings (SSSR count). The van der Waals surface area contributed by atoms with Crippen molar-refractivity contribution in [3.05, 3.63) is 59.2 Å². The maximum Gasteiger partial charge on any atom is 0.126 e. The molecule has 2 aromatic carbocycles. The van der Waals surface area contributed by atoms with Crippen molar-refractivity contribution < 1.29 is 28.5 Å². The number of hydrogen-bond acceptors (Lipinski definition) is 5. The quantitative estimate of drug-likeness (QED) is 0.688. The molecule has 2 aliphatic heterocycles. The number of aliphatic hydroxyl groups excluding tert-OH is 2. The number of benzene rings is 2. The van der Waals surface area contributed by atoms with Gasteiger partial charge < -0.3 is 25.0 Å². The third-order valence-electron chi connectivity index (χ3n) is 5.56. The molecule has 156 valence electrons. The molecule has 4 atom stereocenters. The van der Waals surface area contributed by atoms with Crippen LogP contribution in [-0.2, 0) is 12.8 Å². The summed E-state index contributed by atoms with van der Waals surface area (Å²) in [6.45, 7) is 0.513. The third-order valence-corrected chi connectivity index (χ3v) is 5.56. The van der Waals surface area contributed by atoms with Crippen molar-refractivity contribution in [1.29, 1.82) is 0 Å². The fourth-order valence-corrected chi connectivity index (χ4v) is 3.94. The van der Waals surface area contributed by atoms with Gasteiger partial charge in [0, 0.05) is 13.1 Å². The molecule has 2 aromatic rings. The Kier molecular flexibility index (Phi) is 5.99. The minimum Gasteiger partial charge on any atom is -0.487 e. The Morgan fingerprint density at radius 1 is 0.828 bits per heavy atom. The van der Waals surface area contributed by atoms with E-state index in [4.69, 9.17) is 9.47 Å². The molecule has 2 aliphatic rings. The number of nitrogens with one attached hydrogen (secondary N) is 1. The third kappa shape index (κ3) is 4.69. The van der Waals surface area contributed by atoms with Crippen molar-refractivity contribution in [1.82, 2.24) is 5.32 Å². The van der Waals surface area contributed by atoms with Crippen molar-refractivity contribution in [3.8, 4) is 11.5 Å². The van der Waals surface area contributed by atoms with Gasteiger partial charge in [0.15, 0.2) is 0 Å². The Morgan fingerprint density at radius 2 is 1.28 bits per heavy atom. The van der Waals surface area contributed by atoms with Crippen LogP contribution in [0.2, 0.25) is 0 Å². The Balaban J connectivity index is 1.24. The van der Waals surface area contributed by atoms with Crippen LogP contribution >= 0.6 is 0 Å². The van der Waals surface area contributed by atoms with Crippen molar-refractivity contribution >= 4 is 0 Å². The van der Waals surface area contributed by atoms with E-state index in [1.165, 1.54) is 24.3 Å². The lowest BCUT2D eigenvalue weighted by molar-refractivity contribution is 0.00892. The molecule has 3 N–H and O–H groups in total. The predicted molar refractivity (Wildman–Crippen MR) is 103 cm³/mol.